The second-order valence-electron chi connectivity index (χ2n) is 2.49. The molecule has 7 heteroatoms. The van der Waals surface area contributed by atoms with Gasteiger partial charge in [-0.05, 0) is 25.0 Å². The normalized spacial score (nSPS) is 8.80. The van der Waals surface area contributed by atoms with E-state index in [4.69, 9.17) is 17.5 Å². The Balaban J connectivity index is -0.000000185. The van der Waals surface area contributed by atoms with E-state index in [1.54, 1.807) is 0 Å². The van der Waals surface area contributed by atoms with E-state index in [1.807, 2.05) is 0 Å². The molecule has 0 fully saturated rings. The topological polar surface area (TPSA) is 80.3 Å². The maximum Gasteiger partial charge on any atom is 1.00 e. The van der Waals surface area contributed by atoms with Gasteiger partial charge in [-0.1, -0.05) is 24.3 Å². The molecule has 0 bridgehead atoms. The molecule has 0 saturated carbocycles. The van der Waals surface area contributed by atoms with Crippen molar-refractivity contribution in [2.45, 2.75) is 13.8 Å². The molecular formula is C8H10K2O4S. The van der Waals surface area contributed by atoms with Gasteiger partial charge in [0.25, 0.3) is 0 Å². The van der Waals surface area contributed by atoms with Crippen LogP contribution in [0.5, 0.6) is 0 Å². The van der Waals surface area contributed by atoms with Gasteiger partial charge in [0, 0.05) is 10.4 Å². The monoisotopic (exact) mass is 280 g/mol. The smallest absolute Gasteiger partial charge is 0.759 e. The summed E-state index contributed by atoms with van der Waals surface area (Å²) < 4.78 is 34.1. The van der Waals surface area contributed by atoms with Gasteiger partial charge < -0.3 is 9.11 Å². The summed E-state index contributed by atoms with van der Waals surface area (Å²) >= 11 is 0. The fraction of sp³-hybridized carbons (Fsp3) is 0.250. The van der Waals surface area contributed by atoms with Gasteiger partial charge in [-0.15, -0.1) is 0 Å². The molecule has 0 aliphatic heterocycles. The Morgan fingerprint density at radius 1 is 0.933 bits per heavy atom. The van der Waals surface area contributed by atoms with Crippen molar-refractivity contribution in [2.24, 2.45) is 0 Å². The minimum atomic E-state index is -5.17. The quantitative estimate of drug-likeness (QED) is 0.271. The van der Waals surface area contributed by atoms with E-state index in [2.05, 4.69) is 38.1 Å². The molecule has 74 valence electrons. The third-order valence-electron chi connectivity index (χ3n) is 1.43. The summed E-state index contributed by atoms with van der Waals surface area (Å²) in [5.41, 5.74) is 2.74. The van der Waals surface area contributed by atoms with Crippen LogP contribution in [0.25, 0.3) is 0 Å². The van der Waals surface area contributed by atoms with Crippen molar-refractivity contribution in [3.63, 3.8) is 0 Å². The van der Waals surface area contributed by atoms with Crippen LogP contribution >= 0.6 is 0 Å². The molecular weight excluding hydrogens is 270 g/mol. The minimum absolute atomic E-state index is 0. The van der Waals surface area contributed by atoms with Gasteiger partial charge in [0.15, 0.2) is 0 Å². The van der Waals surface area contributed by atoms with Crippen LogP contribution < -0.4 is 103 Å². The Hall–Kier alpha value is 2.36. The van der Waals surface area contributed by atoms with E-state index in [0.717, 1.165) is 0 Å². The van der Waals surface area contributed by atoms with Crippen molar-refractivity contribution in [1.29, 1.82) is 0 Å². The predicted octanol–water partition coefficient (Wildman–Crippen LogP) is -5.03. The Morgan fingerprint density at radius 3 is 1.27 bits per heavy atom. The number of rotatable bonds is 0. The van der Waals surface area contributed by atoms with E-state index < -0.39 is 10.4 Å². The average Bonchev–Trinajstić information content (AvgIpc) is 1.92. The van der Waals surface area contributed by atoms with E-state index in [9.17, 15) is 0 Å². The van der Waals surface area contributed by atoms with Crippen molar-refractivity contribution in [1.82, 2.24) is 0 Å². The molecule has 1 aromatic rings. The maximum absolute atomic E-state index is 8.52. The van der Waals surface area contributed by atoms with E-state index in [0.29, 0.717) is 0 Å². The predicted molar refractivity (Wildman–Crippen MR) is 46.4 cm³/mol. The molecule has 0 aliphatic rings. The summed E-state index contributed by atoms with van der Waals surface area (Å²) in [6, 6.07) is 8.36. The molecule has 0 aromatic heterocycles. The number of aryl methyl sites for hydroxylation is 2. The number of hydrogen-bond acceptors (Lipinski definition) is 4. The zero-order valence-electron chi connectivity index (χ0n) is 9.35. The fourth-order valence-corrected chi connectivity index (χ4v) is 0.663. The van der Waals surface area contributed by atoms with Gasteiger partial charge in [0.2, 0.25) is 0 Å². The van der Waals surface area contributed by atoms with Crippen LogP contribution in [0.15, 0.2) is 24.3 Å². The van der Waals surface area contributed by atoms with Gasteiger partial charge in [0.1, 0.15) is 0 Å². The third kappa shape index (κ3) is 18.9. The molecule has 1 rings (SSSR count). The van der Waals surface area contributed by atoms with Crippen LogP contribution in [0.4, 0.5) is 0 Å². The molecule has 0 radical (unpaired) electrons. The Kier molecular flexibility index (Phi) is 17.2. The molecule has 0 N–H and O–H groups in total. The molecule has 0 atom stereocenters. The van der Waals surface area contributed by atoms with Crippen LogP contribution in [-0.2, 0) is 10.4 Å². The summed E-state index contributed by atoms with van der Waals surface area (Å²) in [6.07, 6.45) is 0. The first kappa shape index (κ1) is 22.5. The molecule has 0 saturated heterocycles. The summed E-state index contributed by atoms with van der Waals surface area (Å²) in [5, 5.41) is 0. The Morgan fingerprint density at radius 2 is 1.13 bits per heavy atom. The molecule has 0 unspecified atom stereocenters. The van der Waals surface area contributed by atoms with Crippen LogP contribution in [-0.4, -0.2) is 17.5 Å². The van der Waals surface area contributed by atoms with Crippen molar-refractivity contribution in [2.75, 3.05) is 0 Å². The van der Waals surface area contributed by atoms with Gasteiger partial charge in [-0.2, -0.15) is 0 Å². The van der Waals surface area contributed by atoms with Crippen LogP contribution in [0.3, 0.4) is 0 Å². The Labute approximate surface area is 176 Å². The summed E-state index contributed by atoms with van der Waals surface area (Å²) in [7, 11) is -5.17. The minimum Gasteiger partial charge on any atom is -0.759 e. The second kappa shape index (κ2) is 11.5. The average molecular weight is 280 g/mol. The molecule has 1 aromatic carbocycles. The van der Waals surface area contributed by atoms with Crippen LogP contribution in [0.1, 0.15) is 11.1 Å². The van der Waals surface area contributed by atoms with Gasteiger partial charge in [-0.25, -0.2) is 0 Å². The van der Waals surface area contributed by atoms with Gasteiger partial charge in [-0.3, -0.25) is 8.42 Å². The molecule has 0 spiro atoms. The fourth-order valence-electron chi connectivity index (χ4n) is 0.663. The summed E-state index contributed by atoms with van der Waals surface area (Å²) in [4.78, 5) is 0. The maximum atomic E-state index is 8.52. The van der Waals surface area contributed by atoms with Crippen molar-refractivity contribution >= 4 is 10.4 Å². The second-order valence-corrected chi connectivity index (χ2v) is 3.31. The van der Waals surface area contributed by atoms with Gasteiger partial charge >= 0.3 is 103 Å². The van der Waals surface area contributed by atoms with Gasteiger partial charge in [0.05, 0.1) is 0 Å². The van der Waals surface area contributed by atoms with Crippen LogP contribution in [0, 0.1) is 13.8 Å². The van der Waals surface area contributed by atoms with E-state index >= 15 is 0 Å². The number of benzene rings is 1. The molecule has 4 nitrogen and oxygen atoms in total. The SMILES string of the molecule is Cc1ccccc1C.O=S(=O)([O-])[O-].[K+].[K+]. The van der Waals surface area contributed by atoms with Crippen molar-refractivity contribution in [3.05, 3.63) is 35.4 Å². The molecule has 0 heterocycles. The third-order valence-corrected chi connectivity index (χ3v) is 1.43. The van der Waals surface area contributed by atoms with Crippen molar-refractivity contribution < 1.29 is 120 Å². The molecule has 0 aliphatic carbocycles. The first-order valence-electron chi connectivity index (χ1n) is 3.49. The largest absolute Gasteiger partial charge is 1.00 e. The molecule has 0 amide bonds. The first-order valence-corrected chi connectivity index (χ1v) is 4.83. The van der Waals surface area contributed by atoms with E-state index in [-0.39, 0.29) is 103 Å². The molecule has 15 heavy (non-hydrogen) atoms. The van der Waals surface area contributed by atoms with Crippen molar-refractivity contribution in [3.8, 4) is 0 Å². The zero-order chi connectivity index (χ0) is 10.5. The zero-order valence-corrected chi connectivity index (χ0v) is 16.4. The summed E-state index contributed by atoms with van der Waals surface area (Å²) in [5.74, 6) is 0. The standard InChI is InChI=1S/C8H10.2K.H2O4S/c1-7-5-3-4-6-8(7)2;;;1-5(2,3)4/h3-6H,1-2H3;;;(H2,1,2,3,4)/q;2*+1;/p-2. The Bertz CT molecular complexity index is 336. The first-order chi connectivity index (χ1) is 5.80. The van der Waals surface area contributed by atoms with E-state index in [1.165, 1.54) is 11.1 Å². The summed E-state index contributed by atoms with van der Waals surface area (Å²) in [6.45, 7) is 4.24. The number of hydrogen-bond donors (Lipinski definition) is 0. The van der Waals surface area contributed by atoms with Crippen LogP contribution in [0.2, 0.25) is 0 Å².